The zero-order valence-corrected chi connectivity index (χ0v) is 14.5. The fourth-order valence-electron chi connectivity index (χ4n) is 2.58. The largest absolute Gasteiger partial charge is 0.465 e. The van der Waals surface area contributed by atoms with E-state index in [1.807, 2.05) is 13.8 Å². The van der Waals surface area contributed by atoms with Gasteiger partial charge in [-0.05, 0) is 67.5 Å². The molecule has 0 heterocycles. The lowest BCUT2D eigenvalue weighted by Crippen LogP contribution is -2.53. The SMILES string of the molecule is CCOC(=O)C(C)(CCCN(CC)C(C)C)NC(C)C. The maximum absolute atomic E-state index is 12.2. The van der Waals surface area contributed by atoms with Gasteiger partial charge in [-0.25, -0.2) is 0 Å². The number of hydrogen-bond donors (Lipinski definition) is 1. The smallest absolute Gasteiger partial charge is 0.326 e. The summed E-state index contributed by atoms with van der Waals surface area (Å²) in [4.78, 5) is 14.6. The third-order valence-electron chi connectivity index (χ3n) is 3.59. The van der Waals surface area contributed by atoms with E-state index in [1.54, 1.807) is 0 Å². The third kappa shape index (κ3) is 6.71. The molecule has 0 fully saturated rings. The van der Waals surface area contributed by atoms with Gasteiger partial charge in [-0.15, -0.1) is 0 Å². The second-order valence-corrected chi connectivity index (χ2v) is 6.18. The van der Waals surface area contributed by atoms with Crippen LogP contribution in [0.5, 0.6) is 0 Å². The molecule has 0 rings (SSSR count). The summed E-state index contributed by atoms with van der Waals surface area (Å²) in [5.41, 5.74) is -0.583. The van der Waals surface area contributed by atoms with Crippen molar-refractivity contribution in [3.8, 4) is 0 Å². The summed E-state index contributed by atoms with van der Waals surface area (Å²) in [6.45, 7) is 17.0. The van der Waals surface area contributed by atoms with Crippen molar-refractivity contribution in [2.75, 3.05) is 19.7 Å². The average molecular weight is 286 g/mol. The van der Waals surface area contributed by atoms with E-state index in [4.69, 9.17) is 4.74 Å². The highest BCUT2D eigenvalue weighted by atomic mass is 16.5. The van der Waals surface area contributed by atoms with E-state index in [-0.39, 0.29) is 12.0 Å². The van der Waals surface area contributed by atoms with Crippen molar-refractivity contribution < 1.29 is 9.53 Å². The van der Waals surface area contributed by atoms with E-state index in [1.165, 1.54) is 0 Å². The summed E-state index contributed by atoms with van der Waals surface area (Å²) >= 11 is 0. The van der Waals surface area contributed by atoms with Crippen molar-refractivity contribution in [3.05, 3.63) is 0 Å². The van der Waals surface area contributed by atoms with Crippen molar-refractivity contribution in [1.82, 2.24) is 10.2 Å². The predicted octanol–water partition coefficient (Wildman–Crippen LogP) is 2.82. The van der Waals surface area contributed by atoms with Gasteiger partial charge >= 0.3 is 5.97 Å². The van der Waals surface area contributed by atoms with Crippen molar-refractivity contribution in [2.45, 2.75) is 78.9 Å². The molecule has 0 aromatic heterocycles. The van der Waals surface area contributed by atoms with E-state index < -0.39 is 5.54 Å². The summed E-state index contributed by atoms with van der Waals surface area (Å²) in [5.74, 6) is -0.138. The van der Waals surface area contributed by atoms with E-state index >= 15 is 0 Å². The minimum Gasteiger partial charge on any atom is -0.465 e. The molecule has 0 aromatic rings. The molecule has 1 unspecified atom stereocenters. The molecule has 1 atom stereocenters. The Morgan fingerprint density at radius 1 is 1.25 bits per heavy atom. The van der Waals surface area contributed by atoms with E-state index in [0.717, 1.165) is 25.9 Å². The van der Waals surface area contributed by atoms with Crippen molar-refractivity contribution >= 4 is 5.97 Å². The summed E-state index contributed by atoms with van der Waals surface area (Å²) in [6.07, 6.45) is 1.79. The van der Waals surface area contributed by atoms with Crippen LogP contribution in [0.3, 0.4) is 0 Å². The molecule has 0 saturated carbocycles. The molecule has 0 saturated heterocycles. The van der Waals surface area contributed by atoms with Crippen molar-refractivity contribution in [3.63, 3.8) is 0 Å². The maximum Gasteiger partial charge on any atom is 0.326 e. The number of ether oxygens (including phenoxy) is 1. The lowest BCUT2D eigenvalue weighted by atomic mass is 9.94. The third-order valence-corrected chi connectivity index (χ3v) is 3.59. The highest BCUT2D eigenvalue weighted by molar-refractivity contribution is 5.80. The number of rotatable bonds is 10. The molecule has 4 heteroatoms. The van der Waals surface area contributed by atoms with Crippen LogP contribution >= 0.6 is 0 Å². The summed E-state index contributed by atoms with van der Waals surface area (Å²) < 4.78 is 5.22. The van der Waals surface area contributed by atoms with Crippen LogP contribution in [0, 0.1) is 0 Å². The molecule has 120 valence electrons. The number of carbonyl (C=O) groups excluding carboxylic acids is 1. The Balaban J connectivity index is 4.54. The Hall–Kier alpha value is -0.610. The molecule has 0 aliphatic carbocycles. The fraction of sp³-hybridized carbons (Fsp3) is 0.938. The number of nitrogens with zero attached hydrogens (tertiary/aromatic N) is 1. The highest BCUT2D eigenvalue weighted by Crippen LogP contribution is 2.17. The van der Waals surface area contributed by atoms with Gasteiger partial charge in [-0.3, -0.25) is 10.1 Å². The standard InChI is InChI=1S/C16H34N2O2/c1-8-18(14(5)6)12-10-11-16(7,17-13(3)4)15(19)20-9-2/h13-14,17H,8-12H2,1-7H3. The molecule has 0 amide bonds. The predicted molar refractivity (Wildman–Crippen MR) is 84.9 cm³/mol. The number of nitrogens with one attached hydrogen (secondary N) is 1. The Bertz CT molecular complexity index is 280. The Labute approximate surface area is 125 Å². The highest BCUT2D eigenvalue weighted by Gasteiger charge is 2.34. The lowest BCUT2D eigenvalue weighted by molar-refractivity contribution is -0.151. The molecule has 4 nitrogen and oxygen atoms in total. The monoisotopic (exact) mass is 286 g/mol. The average Bonchev–Trinajstić information content (AvgIpc) is 2.33. The van der Waals surface area contributed by atoms with Crippen molar-refractivity contribution in [2.24, 2.45) is 0 Å². The fourth-order valence-corrected chi connectivity index (χ4v) is 2.58. The summed E-state index contributed by atoms with van der Waals surface area (Å²) in [6, 6.07) is 0.809. The van der Waals surface area contributed by atoms with Gasteiger partial charge < -0.3 is 9.64 Å². The van der Waals surface area contributed by atoms with Gasteiger partial charge in [0.15, 0.2) is 0 Å². The number of esters is 1. The van der Waals surface area contributed by atoms with Gasteiger partial charge in [0.05, 0.1) is 6.61 Å². The van der Waals surface area contributed by atoms with Crippen LogP contribution < -0.4 is 5.32 Å². The van der Waals surface area contributed by atoms with E-state index in [0.29, 0.717) is 12.6 Å². The number of hydrogen-bond acceptors (Lipinski definition) is 4. The zero-order valence-electron chi connectivity index (χ0n) is 14.5. The Morgan fingerprint density at radius 2 is 1.85 bits per heavy atom. The molecule has 1 N–H and O–H groups in total. The maximum atomic E-state index is 12.2. The second kappa shape index (κ2) is 9.35. The Morgan fingerprint density at radius 3 is 2.25 bits per heavy atom. The minimum atomic E-state index is -0.583. The summed E-state index contributed by atoms with van der Waals surface area (Å²) in [7, 11) is 0. The van der Waals surface area contributed by atoms with Crippen LogP contribution in [0.4, 0.5) is 0 Å². The van der Waals surface area contributed by atoms with Gasteiger partial charge in [0.25, 0.3) is 0 Å². The van der Waals surface area contributed by atoms with Crippen LogP contribution in [0.2, 0.25) is 0 Å². The molecule has 0 spiro atoms. The lowest BCUT2D eigenvalue weighted by Gasteiger charge is -2.32. The molecule has 20 heavy (non-hydrogen) atoms. The molecule has 0 aliphatic heterocycles. The minimum absolute atomic E-state index is 0.138. The first-order chi connectivity index (χ1) is 9.26. The van der Waals surface area contributed by atoms with Crippen LogP contribution in [0.15, 0.2) is 0 Å². The first-order valence-electron chi connectivity index (χ1n) is 7.95. The van der Waals surface area contributed by atoms with Gasteiger partial charge in [-0.2, -0.15) is 0 Å². The molecule has 0 radical (unpaired) electrons. The van der Waals surface area contributed by atoms with E-state index in [9.17, 15) is 4.79 Å². The quantitative estimate of drug-likeness (QED) is 0.627. The van der Waals surface area contributed by atoms with Crippen LogP contribution in [0.25, 0.3) is 0 Å². The van der Waals surface area contributed by atoms with Crippen LogP contribution in [-0.4, -0.2) is 48.2 Å². The van der Waals surface area contributed by atoms with Crippen LogP contribution in [-0.2, 0) is 9.53 Å². The van der Waals surface area contributed by atoms with Crippen LogP contribution in [0.1, 0.15) is 61.3 Å². The molecule has 0 bridgehead atoms. The van der Waals surface area contributed by atoms with Gasteiger partial charge in [0.1, 0.15) is 5.54 Å². The number of carbonyl (C=O) groups is 1. The van der Waals surface area contributed by atoms with Crippen molar-refractivity contribution in [1.29, 1.82) is 0 Å². The zero-order chi connectivity index (χ0) is 15.8. The normalized spacial score (nSPS) is 14.9. The summed E-state index contributed by atoms with van der Waals surface area (Å²) in [5, 5.41) is 3.37. The molecular formula is C16H34N2O2. The molecule has 0 aromatic carbocycles. The van der Waals surface area contributed by atoms with E-state index in [2.05, 4.69) is 44.8 Å². The second-order valence-electron chi connectivity index (χ2n) is 6.18. The van der Waals surface area contributed by atoms with Gasteiger partial charge in [0, 0.05) is 12.1 Å². The van der Waals surface area contributed by atoms with Gasteiger partial charge in [-0.1, -0.05) is 6.92 Å². The molecule has 0 aliphatic rings. The first-order valence-corrected chi connectivity index (χ1v) is 7.95. The molecular weight excluding hydrogens is 252 g/mol. The topological polar surface area (TPSA) is 41.6 Å². The Kier molecular flexibility index (Phi) is 9.06. The van der Waals surface area contributed by atoms with Gasteiger partial charge in [0.2, 0.25) is 0 Å². The first kappa shape index (κ1) is 19.4.